The van der Waals surface area contributed by atoms with E-state index in [-0.39, 0.29) is 30.7 Å². The van der Waals surface area contributed by atoms with Crippen molar-refractivity contribution in [1.29, 1.82) is 0 Å². The molecular weight excluding hydrogens is 411 g/mol. The summed E-state index contributed by atoms with van der Waals surface area (Å²) < 4.78 is 1.88. The van der Waals surface area contributed by atoms with Crippen molar-refractivity contribution in [3.05, 3.63) is 36.2 Å². The molecule has 1 aliphatic carbocycles. The molecule has 0 radical (unpaired) electrons. The highest BCUT2D eigenvalue weighted by molar-refractivity contribution is 6.07. The molecule has 1 saturated heterocycles. The van der Waals surface area contributed by atoms with Crippen LogP contribution in [-0.2, 0) is 0 Å². The number of nitrogens with one attached hydrogen (secondary N) is 1. The van der Waals surface area contributed by atoms with E-state index in [1.54, 1.807) is 0 Å². The number of piperidine rings is 1. The zero-order valence-electron chi connectivity index (χ0n) is 16.4. The van der Waals surface area contributed by atoms with Crippen molar-refractivity contribution in [2.45, 2.75) is 31.7 Å². The molecule has 3 heterocycles. The van der Waals surface area contributed by atoms with Crippen molar-refractivity contribution < 1.29 is 4.79 Å². The molecule has 158 valence electrons. The second kappa shape index (κ2) is 9.32. The first-order valence-corrected chi connectivity index (χ1v) is 10.1. The van der Waals surface area contributed by atoms with E-state index in [0.29, 0.717) is 18.3 Å². The van der Waals surface area contributed by atoms with Crippen molar-refractivity contribution in [1.82, 2.24) is 20.3 Å². The number of hydrogen-bond donors (Lipinski definition) is 1. The van der Waals surface area contributed by atoms with Crippen LogP contribution in [0.2, 0.25) is 0 Å². The molecule has 2 aromatic rings. The second-order valence-corrected chi connectivity index (χ2v) is 7.90. The third-order valence-electron chi connectivity index (χ3n) is 5.94. The molecule has 0 atom stereocenters. The number of amides is 1. The minimum atomic E-state index is -0.0475. The Morgan fingerprint density at radius 2 is 1.76 bits per heavy atom. The highest BCUT2D eigenvalue weighted by Gasteiger charge is 2.32. The number of nitrogens with zero attached hydrogens (tertiary/aromatic N) is 5. The normalized spacial score (nSPS) is 19.2. The zero-order chi connectivity index (χ0) is 18.2. The Balaban J connectivity index is 0.00000120. The summed E-state index contributed by atoms with van der Waals surface area (Å²) in [5.74, 6) is 0.777. The van der Waals surface area contributed by atoms with Crippen LogP contribution in [0.4, 0.5) is 11.4 Å². The minimum absolute atomic E-state index is 0. The molecule has 5 rings (SSSR count). The predicted octanol–water partition coefficient (Wildman–Crippen LogP) is 2.92. The van der Waals surface area contributed by atoms with Gasteiger partial charge in [-0.3, -0.25) is 4.79 Å². The first kappa shape index (κ1) is 21.9. The highest BCUT2D eigenvalue weighted by Crippen LogP contribution is 2.37. The highest BCUT2D eigenvalue weighted by atomic mass is 35.5. The largest absolute Gasteiger partial charge is 0.368 e. The van der Waals surface area contributed by atoms with Crippen LogP contribution in [0, 0.1) is 5.92 Å². The van der Waals surface area contributed by atoms with Gasteiger partial charge in [0.05, 0.1) is 23.6 Å². The number of aromatic nitrogens is 3. The van der Waals surface area contributed by atoms with Crippen molar-refractivity contribution in [2.24, 2.45) is 5.92 Å². The molecule has 9 heteroatoms. The van der Waals surface area contributed by atoms with Crippen LogP contribution in [-0.4, -0.2) is 53.6 Å². The Morgan fingerprint density at radius 1 is 1.03 bits per heavy atom. The lowest BCUT2D eigenvalue weighted by atomic mass is 10.1. The topological polar surface area (TPSA) is 66.3 Å². The van der Waals surface area contributed by atoms with Gasteiger partial charge in [0, 0.05) is 19.6 Å². The molecule has 3 aliphatic rings. The molecule has 7 nitrogen and oxygen atoms in total. The number of anilines is 2. The number of fused-ring (bicyclic) bond motifs is 1. The summed E-state index contributed by atoms with van der Waals surface area (Å²) in [7, 11) is 0. The van der Waals surface area contributed by atoms with E-state index in [9.17, 15) is 4.79 Å². The van der Waals surface area contributed by atoms with E-state index in [2.05, 4.69) is 32.7 Å². The third-order valence-corrected chi connectivity index (χ3v) is 5.94. The maximum atomic E-state index is 13.2. The van der Waals surface area contributed by atoms with E-state index in [4.69, 9.17) is 0 Å². The van der Waals surface area contributed by atoms with Crippen molar-refractivity contribution in [3.8, 4) is 0 Å². The lowest BCUT2D eigenvalue weighted by Gasteiger charge is -2.37. The van der Waals surface area contributed by atoms with Crippen LogP contribution >= 0.6 is 24.8 Å². The summed E-state index contributed by atoms with van der Waals surface area (Å²) in [5.41, 5.74) is 2.60. The average molecular weight is 439 g/mol. The van der Waals surface area contributed by atoms with Gasteiger partial charge in [0.2, 0.25) is 0 Å². The Hall–Kier alpha value is -1.83. The van der Waals surface area contributed by atoms with Gasteiger partial charge in [-0.05, 0) is 56.8 Å². The number of rotatable bonds is 4. The van der Waals surface area contributed by atoms with E-state index in [1.165, 1.54) is 12.8 Å². The zero-order valence-corrected chi connectivity index (χ0v) is 18.0. The predicted molar refractivity (Wildman–Crippen MR) is 119 cm³/mol. The molecule has 0 spiro atoms. The third kappa shape index (κ3) is 4.52. The molecule has 1 saturated carbocycles. The van der Waals surface area contributed by atoms with Gasteiger partial charge in [0.15, 0.2) is 5.69 Å². The van der Waals surface area contributed by atoms with Gasteiger partial charge in [-0.15, -0.1) is 29.9 Å². The van der Waals surface area contributed by atoms with Gasteiger partial charge in [-0.25, -0.2) is 4.68 Å². The van der Waals surface area contributed by atoms with Gasteiger partial charge in [-0.1, -0.05) is 17.3 Å². The van der Waals surface area contributed by atoms with Gasteiger partial charge >= 0.3 is 0 Å². The summed E-state index contributed by atoms with van der Waals surface area (Å²) in [6.07, 6.45) is 6.55. The fourth-order valence-electron chi connectivity index (χ4n) is 4.20. The van der Waals surface area contributed by atoms with Gasteiger partial charge in [0.1, 0.15) is 0 Å². The van der Waals surface area contributed by atoms with Crippen LogP contribution in [0.1, 0.15) is 42.2 Å². The molecule has 1 N–H and O–H groups in total. The number of hydrogen-bond acceptors (Lipinski definition) is 5. The Morgan fingerprint density at radius 3 is 2.48 bits per heavy atom. The molecule has 1 aromatic carbocycles. The number of para-hydroxylation sites is 2. The van der Waals surface area contributed by atoms with Crippen LogP contribution in [0.3, 0.4) is 0 Å². The number of carbonyl (C=O) groups is 1. The summed E-state index contributed by atoms with van der Waals surface area (Å²) in [4.78, 5) is 17.5. The smallest absolute Gasteiger partial charge is 0.280 e. The second-order valence-electron chi connectivity index (χ2n) is 7.90. The molecule has 1 aromatic heterocycles. The lowest BCUT2D eigenvalue weighted by Crippen LogP contribution is -2.45. The van der Waals surface area contributed by atoms with Crippen molar-refractivity contribution in [2.75, 3.05) is 42.5 Å². The lowest BCUT2D eigenvalue weighted by molar-refractivity contribution is 0.0981. The first-order chi connectivity index (χ1) is 13.3. The molecule has 29 heavy (non-hydrogen) atoms. The SMILES string of the molecule is Cl.Cl.O=C(c1cn(C2CCNCC2)nn1)N1CCN(CC2CC2)c2ccccc21. The van der Waals surface area contributed by atoms with Crippen molar-refractivity contribution >= 4 is 42.1 Å². The fourth-order valence-corrected chi connectivity index (χ4v) is 4.20. The standard InChI is InChI=1S/C20H26N6O.2ClH/c27-20(17-14-26(23-22-17)16-7-9-21-10-8-16)25-12-11-24(13-15-5-6-15)18-3-1-2-4-19(18)25;;/h1-4,14-16,21H,5-13H2;2*1H. The van der Waals surface area contributed by atoms with Gasteiger partial charge < -0.3 is 15.1 Å². The Labute approximate surface area is 183 Å². The summed E-state index contributed by atoms with van der Waals surface area (Å²) in [5, 5.41) is 11.8. The average Bonchev–Trinajstić information content (AvgIpc) is 3.40. The molecule has 0 bridgehead atoms. The molecule has 2 fully saturated rings. The molecule has 1 amide bonds. The quantitative estimate of drug-likeness (QED) is 0.794. The number of halogens is 2. The monoisotopic (exact) mass is 438 g/mol. The summed E-state index contributed by atoms with van der Waals surface area (Å²) in [6.45, 7) is 4.66. The Bertz CT molecular complexity index is 834. The maximum Gasteiger partial charge on any atom is 0.280 e. The number of carbonyl (C=O) groups excluding carboxylic acids is 1. The van der Waals surface area contributed by atoms with E-state index in [0.717, 1.165) is 56.3 Å². The van der Waals surface area contributed by atoms with E-state index in [1.807, 2.05) is 27.9 Å². The number of benzene rings is 1. The van der Waals surface area contributed by atoms with Crippen LogP contribution in [0.25, 0.3) is 0 Å². The van der Waals surface area contributed by atoms with E-state index < -0.39 is 0 Å². The minimum Gasteiger partial charge on any atom is -0.368 e. The maximum absolute atomic E-state index is 13.2. The van der Waals surface area contributed by atoms with Crippen LogP contribution in [0.15, 0.2) is 30.5 Å². The first-order valence-electron chi connectivity index (χ1n) is 10.1. The van der Waals surface area contributed by atoms with Crippen molar-refractivity contribution in [3.63, 3.8) is 0 Å². The van der Waals surface area contributed by atoms with Gasteiger partial charge in [0.25, 0.3) is 5.91 Å². The van der Waals surface area contributed by atoms with E-state index >= 15 is 0 Å². The Kier molecular flexibility index (Phi) is 7.03. The molecule has 2 aliphatic heterocycles. The van der Waals surface area contributed by atoms with Crippen LogP contribution in [0.5, 0.6) is 0 Å². The summed E-state index contributed by atoms with van der Waals surface area (Å²) >= 11 is 0. The summed E-state index contributed by atoms with van der Waals surface area (Å²) in [6, 6.07) is 8.57. The van der Waals surface area contributed by atoms with Crippen LogP contribution < -0.4 is 15.1 Å². The molecular formula is C20H28Cl2N6O. The van der Waals surface area contributed by atoms with Gasteiger partial charge in [-0.2, -0.15) is 0 Å². The molecule has 0 unspecified atom stereocenters. The fraction of sp³-hybridized carbons (Fsp3) is 0.550.